The van der Waals surface area contributed by atoms with Gasteiger partial charge in [-0.1, -0.05) is 19.1 Å². The van der Waals surface area contributed by atoms with Crippen LogP contribution in [0.4, 0.5) is 10.1 Å². The van der Waals surface area contributed by atoms with Gasteiger partial charge < -0.3 is 15.2 Å². The van der Waals surface area contributed by atoms with Crippen molar-refractivity contribution in [1.29, 1.82) is 0 Å². The number of rotatable bonds is 6. The Morgan fingerprint density at radius 1 is 1.32 bits per heavy atom. The molecule has 1 aromatic rings. The molecule has 1 aromatic carbocycles. The van der Waals surface area contributed by atoms with E-state index in [0.717, 1.165) is 0 Å². The molecule has 98 valence electrons. The van der Waals surface area contributed by atoms with Gasteiger partial charge in [0.1, 0.15) is 6.17 Å². The molecule has 0 aliphatic carbocycles. The Morgan fingerprint density at radius 3 is 2.37 bits per heavy atom. The van der Waals surface area contributed by atoms with E-state index in [9.17, 15) is 19.1 Å². The standard InChI is InChI=1S/C13H16FNO3.Na/c1-2-10(14)5-8-12(16)15-11-6-3-9(4-7-11)13(17)18;/h3-4,6-7,10H,2,5,8H2,1H3,(H,15,16)(H,17,18);/q;+1/p-1. The number of carboxylic acid groups (broad SMARTS) is 1. The van der Waals surface area contributed by atoms with E-state index in [1.54, 1.807) is 6.92 Å². The fraction of sp³-hybridized carbons (Fsp3) is 0.385. The molecule has 4 nitrogen and oxygen atoms in total. The molecule has 19 heavy (non-hydrogen) atoms. The van der Waals surface area contributed by atoms with Crippen molar-refractivity contribution < 1.29 is 48.6 Å². The largest absolute Gasteiger partial charge is 1.00 e. The van der Waals surface area contributed by atoms with Crippen LogP contribution in [0.1, 0.15) is 36.5 Å². The maximum absolute atomic E-state index is 12.9. The van der Waals surface area contributed by atoms with Crippen LogP contribution in [0, 0.1) is 0 Å². The Hall–Kier alpha value is -0.910. The van der Waals surface area contributed by atoms with Gasteiger partial charge in [-0.15, -0.1) is 0 Å². The molecular weight excluding hydrogens is 260 g/mol. The molecule has 0 aliphatic heterocycles. The minimum absolute atomic E-state index is 0. The Morgan fingerprint density at radius 2 is 1.89 bits per heavy atom. The minimum Gasteiger partial charge on any atom is -0.545 e. The average Bonchev–Trinajstić information content (AvgIpc) is 2.36. The molecule has 0 saturated carbocycles. The van der Waals surface area contributed by atoms with Gasteiger partial charge in [-0.05, 0) is 30.5 Å². The predicted octanol–water partition coefficient (Wildman–Crippen LogP) is -1.48. The third-order valence-electron chi connectivity index (χ3n) is 2.53. The van der Waals surface area contributed by atoms with E-state index in [0.29, 0.717) is 12.1 Å². The first-order valence-corrected chi connectivity index (χ1v) is 5.78. The Bertz CT molecular complexity index is 422. The summed E-state index contributed by atoms with van der Waals surface area (Å²) in [4.78, 5) is 22.0. The number of halogens is 1. The van der Waals surface area contributed by atoms with Gasteiger partial charge in [0.2, 0.25) is 5.91 Å². The second-order valence-corrected chi connectivity index (χ2v) is 3.96. The van der Waals surface area contributed by atoms with Crippen LogP contribution in [0.15, 0.2) is 24.3 Å². The first kappa shape index (κ1) is 18.1. The number of nitrogens with one attached hydrogen (secondary N) is 1. The van der Waals surface area contributed by atoms with Crippen molar-refractivity contribution in [2.75, 3.05) is 5.32 Å². The number of aromatic carboxylic acids is 1. The average molecular weight is 275 g/mol. The number of carbonyl (C=O) groups is 2. The summed E-state index contributed by atoms with van der Waals surface area (Å²) >= 11 is 0. The molecule has 0 radical (unpaired) electrons. The maximum atomic E-state index is 12.9. The molecule has 0 spiro atoms. The summed E-state index contributed by atoms with van der Waals surface area (Å²) in [7, 11) is 0. The molecule has 1 atom stereocenters. The number of anilines is 1. The molecule has 1 rings (SSSR count). The first-order valence-electron chi connectivity index (χ1n) is 5.78. The zero-order valence-electron chi connectivity index (χ0n) is 11.1. The van der Waals surface area contributed by atoms with Crippen LogP contribution in [-0.4, -0.2) is 18.0 Å². The van der Waals surface area contributed by atoms with E-state index >= 15 is 0 Å². The second kappa shape index (κ2) is 9.07. The first-order chi connectivity index (χ1) is 8.52. The van der Waals surface area contributed by atoms with Crippen molar-refractivity contribution in [3.63, 3.8) is 0 Å². The van der Waals surface area contributed by atoms with E-state index < -0.39 is 12.1 Å². The number of hydrogen-bond donors (Lipinski definition) is 1. The van der Waals surface area contributed by atoms with Crippen molar-refractivity contribution in [2.45, 2.75) is 32.4 Å². The van der Waals surface area contributed by atoms with Crippen LogP contribution in [0.2, 0.25) is 0 Å². The maximum Gasteiger partial charge on any atom is 1.00 e. The summed E-state index contributed by atoms with van der Waals surface area (Å²) in [6.07, 6.45) is -0.263. The molecule has 0 aliphatic rings. The summed E-state index contributed by atoms with van der Waals surface area (Å²) < 4.78 is 12.9. The molecular formula is C13H15FNNaO3. The summed E-state index contributed by atoms with van der Waals surface area (Å²) in [6, 6.07) is 5.62. The van der Waals surface area contributed by atoms with Crippen molar-refractivity contribution in [3.8, 4) is 0 Å². The van der Waals surface area contributed by atoms with Crippen LogP contribution >= 0.6 is 0 Å². The summed E-state index contributed by atoms with van der Waals surface area (Å²) in [6.45, 7) is 1.72. The molecule has 0 saturated heterocycles. The zero-order valence-corrected chi connectivity index (χ0v) is 13.1. The van der Waals surface area contributed by atoms with Crippen molar-refractivity contribution in [2.24, 2.45) is 0 Å². The Balaban J connectivity index is 0.00000324. The van der Waals surface area contributed by atoms with Gasteiger partial charge in [0, 0.05) is 12.1 Å². The fourth-order valence-corrected chi connectivity index (χ4v) is 1.40. The van der Waals surface area contributed by atoms with E-state index in [1.165, 1.54) is 24.3 Å². The second-order valence-electron chi connectivity index (χ2n) is 3.96. The van der Waals surface area contributed by atoms with Gasteiger partial charge in [0.05, 0.1) is 5.97 Å². The SMILES string of the molecule is CCC(F)CCC(=O)Nc1ccc(C(=O)[O-])cc1.[Na+]. The summed E-state index contributed by atoms with van der Waals surface area (Å²) in [5, 5.41) is 13.1. The Kier molecular flexibility index (Phi) is 8.63. The smallest absolute Gasteiger partial charge is 0.545 e. The number of alkyl halides is 1. The van der Waals surface area contributed by atoms with Crippen molar-refractivity contribution >= 4 is 17.6 Å². The number of amides is 1. The van der Waals surface area contributed by atoms with Gasteiger partial charge in [-0.3, -0.25) is 4.79 Å². The van der Waals surface area contributed by atoms with E-state index in [-0.39, 0.29) is 53.9 Å². The van der Waals surface area contributed by atoms with Gasteiger partial charge in [-0.2, -0.15) is 0 Å². The molecule has 0 fully saturated rings. The van der Waals surface area contributed by atoms with E-state index in [4.69, 9.17) is 0 Å². The van der Waals surface area contributed by atoms with Gasteiger partial charge in [0.25, 0.3) is 0 Å². The number of hydrogen-bond acceptors (Lipinski definition) is 3. The van der Waals surface area contributed by atoms with E-state index in [2.05, 4.69) is 5.32 Å². The molecule has 0 bridgehead atoms. The van der Waals surface area contributed by atoms with Crippen LogP contribution in [-0.2, 0) is 4.79 Å². The quantitative estimate of drug-likeness (QED) is 0.644. The number of carbonyl (C=O) groups excluding carboxylic acids is 2. The minimum atomic E-state index is -1.27. The Labute approximate surface area is 133 Å². The van der Waals surface area contributed by atoms with Crippen LogP contribution in [0.3, 0.4) is 0 Å². The zero-order chi connectivity index (χ0) is 13.5. The van der Waals surface area contributed by atoms with Crippen LogP contribution < -0.4 is 40.0 Å². The third-order valence-corrected chi connectivity index (χ3v) is 2.53. The molecule has 6 heteroatoms. The molecule has 0 aromatic heterocycles. The van der Waals surface area contributed by atoms with E-state index in [1.807, 2.05) is 0 Å². The van der Waals surface area contributed by atoms with Crippen molar-refractivity contribution in [1.82, 2.24) is 0 Å². The molecule has 1 N–H and O–H groups in total. The van der Waals surface area contributed by atoms with Gasteiger partial charge in [0.15, 0.2) is 0 Å². The molecule has 0 heterocycles. The molecule has 1 unspecified atom stereocenters. The van der Waals surface area contributed by atoms with Gasteiger partial charge in [-0.25, -0.2) is 4.39 Å². The predicted molar refractivity (Wildman–Crippen MR) is 63.8 cm³/mol. The summed E-state index contributed by atoms with van der Waals surface area (Å²) in [5.41, 5.74) is 0.528. The number of carboxylic acids is 1. The topological polar surface area (TPSA) is 69.2 Å². The fourth-order valence-electron chi connectivity index (χ4n) is 1.40. The van der Waals surface area contributed by atoms with Crippen molar-refractivity contribution in [3.05, 3.63) is 29.8 Å². The number of benzene rings is 1. The summed E-state index contributed by atoms with van der Waals surface area (Å²) in [5.74, 6) is -1.55. The third kappa shape index (κ3) is 6.71. The van der Waals surface area contributed by atoms with Crippen LogP contribution in [0.5, 0.6) is 0 Å². The normalized spacial score (nSPS) is 11.3. The van der Waals surface area contributed by atoms with Gasteiger partial charge >= 0.3 is 29.6 Å². The monoisotopic (exact) mass is 275 g/mol. The van der Waals surface area contributed by atoms with Crippen LogP contribution in [0.25, 0.3) is 0 Å². The molecule has 1 amide bonds.